The summed E-state index contributed by atoms with van der Waals surface area (Å²) in [4.78, 5) is 13.1. The van der Waals surface area contributed by atoms with E-state index in [9.17, 15) is 18.3 Å². The Kier molecular flexibility index (Phi) is 4.31. The van der Waals surface area contributed by atoms with E-state index in [1.54, 1.807) is 4.90 Å². The first-order valence-electron chi connectivity index (χ1n) is 6.22. The van der Waals surface area contributed by atoms with Crippen LogP contribution in [0.5, 0.6) is 0 Å². The van der Waals surface area contributed by atoms with Crippen LogP contribution in [0, 0.1) is 0 Å². The van der Waals surface area contributed by atoms with Crippen LogP contribution >= 0.6 is 11.6 Å². The van der Waals surface area contributed by atoms with Crippen LogP contribution < -0.4 is 10.6 Å². The number of anilines is 2. The molecule has 1 saturated heterocycles. The highest BCUT2D eigenvalue weighted by atomic mass is 35.5. The molecule has 1 aliphatic rings. The smallest absolute Gasteiger partial charge is 0.337 e. The van der Waals surface area contributed by atoms with Gasteiger partial charge >= 0.3 is 5.97 Å². The summed E-state index contributed by atoms with van der Waals surface area (Å²) < 4.78 is 24.3. The van der Waals surface area contributed by atoms with Crippen molar-refractivity contribution < 1.29 is 18.3 Å². The first kappa shape index (κ1) is 15.9. The molecule has 21 heavy (non-hydrogen) atoms. The molecule has 0 saturated carbocycles. The van der Waals surface area contributed by atoms with E-state index in [0.717, 1.165) is 6.26 Å². The van der Waals surface area contributed by atoms with Crippen molar-refractivity contribution in [1.82, 2.24) is 4.31 Å². The first-order valence-corrected chi connectivity index (χ1v) is 8.45. The average molecular weight is 334 g/mol. The number of hydrogen-bond donors (Lipinski definition) is 2. The van der Waals surface area contributed by atoms with Gasteiger partial charge in [-0.15, -0.1) is 0 Å². The van der Waals surface area contributed by atoms with Crippen molar-refractivity contribution >= 4 is 39.0 Å². The van der Waals surface area contributed by atoms with Crippen LogP contribution in [0.1, 0.15) is 10.4 Å². The van der Waals surface area contributed by atoms with Gasteiger partial charge in [0.2, 0.25) is 10.0 Å². The Morgan fingerprint density at radius 3 is 2.33 bits per heavy atom. The average Bonchev–Trinajstić information content (AvgIpc) is 2.37. The topological polar surface area (TPSA) is 104 Å². The van der Waals surface area contributed by atoms with Gasteiger partial charge in [-0.3, -0.25) is 0 Å². The molecule has 1 heterocycles. The van der Waals surface area contributed by atoms with E-state index in [2.05, 4.69) is 0 Å². The molecule has 0 amide bonds. The Hall–Kier alpha value is -1.51. The lowest BCUT2D eigenvalue weighted by Gasteiger charge is -2.35. The zero-order valence-electron chi connectivity index (χ0n) is 11.4. The molecule has 3 N–H and O–H groups in total. The van der Waals surface area contributed by atoms with Gasteiger partial charge < -0.3 is 15.7 Å². The van der Waals surface area contributed by atoms with E-state index < -0.39 is 16.0 Å². The molecule has 1 aromatic rings. The number of benzene rings is 1. The Morgan fingerprint density at radius 2 is 1.86 bits per heavy atom. The molecule has 0 unspecified atom stereocenters. The van der Waals surface area contributed by atoms with E-state index in [1.807, 2.05) is 0 Å². The number of nitrogens with two attached hydrogens (primary N) is 1. The minimum Gasteiger partial charge on any atom is -0.478 e. The Labute approximate surface area is 127 Å². The number of piperazine rings is 1. The zero-order chi connectivity index (χ0) is 15.8. The lowest BCUT2D eigenvalue weighted by atomic mass is 10.1. The van der Waals surface area contributed by atoms with Gasteiger partial charge in [-0.2, -0.15) is 4.31 Å². The van der Waals surface area contributed by atoms with Gasteiger partial charge in [-0.25, -0.2) is 13.2 Å². The summed E-state index contributed by atoms with van der Waals surface area (Å²) in [7, 11) is -3.24. The number of halogens is 1. The lowest BCUT2D eigenvalue weighted by Crippen LogP contribution is -2.48. The molecule has 1 aliphatic heterocycles. The monoisotopic (exact) mass is 333 g/mol. The summed E-state index contributed by atoms with van der Waals surface area (Å²) >= 11 is 6.12. The molecule has 0 bridgehead atoms. The number of nitrogen functional groups attached to an aromatic ring is 1. The standard InChI is InChI=1S/C12H16ClN3O4S/c1-21(19,20)16-4-2-15(3-5-16)11-9(12(17)18)6-8(14)7-10(11)13/h6-7H,2-5,14H2,1H3,(H,17,18). The number of hydrogen-bond acceptors (Lipinski definition) is 5. The van der Waals surface area contributed by atoms with Crippen LogP contribution in [0.4, 0.5) is 11.4 Å². The fourth-order valence-corrected chi connectivity index (χ4v) is 3.52. The van der Waals surface area contributed by atoms with Gasteiger partial charge in [0.15, 0.2) is 0 Å². The van der Waals surface area contributed by atoms with E-state index in [4.69, 9.17) is 17.3 Å². The predicted octanol–water partition coefficient (Wildman–Crippen LogP) is 0.702. The minimum absolute atomic E-state index is 0.0211. The van der Waals surface area contributed by atoms with Crippen LogP contribution in [0.15, 0.2) is 12.1 Å². The largest absolute Gasteiger partial charge is 0.478 e. The van der Waals surface area contributed by atoms with Crippen molar-refractivity contribution in [2.75, 3.05) is 43.1 Å². The maximum absolute atomic E-state index is 11.5. The third-order valence-electron chi connectivity index (χ3n) is 3.34. The number of carboxylic acid groups (broad SMARTS) is 1. The van der Waals surface area contributed by atoms with Crippen molar-refractivity contribution in [3.63, 3.8) is 0 Å². The summed E-state index contributed by atoms with van der Waals surface area (Å²) in [6.07, 6.45) is 1.15. The van der Waals surface area contributed by atoms with Crippen molar-refractivity contribution in [3.05, 3.63) is 22.7 Å². The second-order valence-electron chi connectivity index (χ2n) is 4.85. The number of nitrogens with zero attached hydrogens (tertiary/aromatic N) is 2. The molecule has 0 spiro atoms. The van der Waals surface area contributed by atoms with E-state index >= 15 is 0 Å². The maximum Gasteiger partial charge on any atom is 0.337 e. The molecule has 9 heteroatoms. The first-order chi connectivity index (χ1) is 9.70. The predicted molar refractivity (Wildman–Crippen MR) is 81.5 cm³/mol. The molecule has 1 fully saturated rings. The molecule has 0 aliphatic carbocycles. The zero-order valence-corrected chi connectivity index (χ0v) is 13.0. The van der Waals surface area contributed by atoms with Crippen molar-refractivity contribution in [3.8, 4) is 0 Å². The van der Waals surface area contributed by atoms with Crippen molar-refractivity contribution in [1.29, 1.82) is 0 Å². The van der Waals surface area contributed by atoms with Crippen molar-refractivity contribution in [2.24, 2.45) is 0 Å². The fourth-order valence-electron chi connectivity index (χ4n) is 2.35. The van der Waals surface area contributed by atoms with Crippen LogP contribution in [0.2, 0.25) is 5.02 Å². The van der Waals surface area contributed by atoms with Gasteiger partial charge in [0, 0.05) is 31.9 Å². The molecule has 116 valence electrons. The number of carboxylic acids is 1. The van der Waals surface area contributed by atoms with Crippen LogP contribution in [-0.2, 0) is 10.0 Å². The highest BCUT2D eigenvalue weighted by Gasteiger charge is 2.27. The summed E-state index contributed by atoms with van der Waals surface area (Å²) in [6, 6.07) is 2.85. The van der Waals surface area contributed by atoms with Gasteiger partial charge in [0.05, 0.1) is 22.5 Å². The van der Waals surface area contributed by atoms with Gasteiger partial charge in [0.1, 0.15) is 0 Å². The molecule has 1 aromatic carbocycles. The second kappa shape index (κ2) is 5.70. The fraction of sp³-hybridized carbons (Fsp3) is 0.417. The highest BCUT2D eigenvalue weighted by molar-refractivity contribution is 7.88. The minimum atomic E-state index is -3.24. The van der Waals surface area contributed by atoms with Gasteiger partial charge in [-0.1, -0.05) is 11.6 Å². The Balaban J connectivity index is 2.30. The molecule has 7 nitrogen and oxygen atoms in total. The summed E-state index contributed by atoms with van der Waals surface area (Å²) in [5, 5.41) is 9.53. The number of aromatic carboxylic acids is 1. The van der Waals surface area contributed by atoms with E-state index in [0.29, 0.717) is 31.9 Å². The van der Waals surface area contributed by atoms with Gasteiger partial charge in [-0.05, 0) is 12.1 Å². The maximum atomic E-state index is 11.5. The van der Waals surface area contributed by atoms with Gasteiger partial charge in [0.25, 0.3) is 0 Å². The molecular formula is C12H16ClN3O4S. The number of rotatable bonds is 3. The quantitative estimate of drug-likeness (QED) is 0.789. The Morgan fingerprint density at radius 1 is 1.29 bits per heavy atom. The number of sulfonamides is 1. The normalized spacial score (nSPS) is 17.0. The lowest BCUT2D eigenvalue weighted by molar-refractivity contribution is 0.0697. The third-order valence-corrected chi connectivity index (χ3v) is 4.93. The van der Waals surface area contributed by atoms with Crippen LogP contribution in [-0.4, -0.2) is 56.2 Å². The number of carbonyl (C=O) groups is 1. The molecule has 0 radical (unpaired) electrons. The van der Waals surface area contributed by atoms with E-state index in [-0.39, 0.29) is 16.3 Å². The summed E-state index contributed by atoms with van der Waals surface area (Å²) in [6.45, 7) is 1.32. The summed E-state index contributed by atoms with van der Waals surface area (Å²) in [5.41, 5.74) is 6.30. The SMILES string of the molecule is CS(=O)(=O)N1CCN(c2c(Cl)cc(N)cc2C(=O)O)CC1. The van der Waals surface area contributed by atoms with E-state index in [1.165, 1.54) is 16.4 Å². The van der Waals surface area contributed by atoms with Crippen LogP contribution in [0.3, 0.4) is 0 Å². The van der Waals surface area contributed by atoms with Crippen LogP contribution in [0.25, 0.3) is 0 Å². The summed E-state index contributed by atoms with van der Waals surface area (Å²) in [5.74, 6) is -1.12. The molecular weight excluding hydrogens is 318 g/mol. The highest BCUT2D eigenvalue weighted by Crippen LogP contribution is 2.33. The molecule has 2 rings (SSSR count). The molecule has 0 aromatic heterocycles. The Bertz CT molecular complexity index is 669. The third kappa shape index (κ3) is 3.39. The molecule has 0 atom stereocenters. The second-order valence-corrected chi connectivity index (χ2v) is 7.24. The van der Waals surface area contributed by atoms with Crippen molar-refractivity contribution in [2.45, 2.75) is 0 Å².